The molecule has 0 unspecified atom stereocenters. The summed E-state index contributed by atoms with van der Waals surface area (Å²) in [5.74, 6) is 5.97. The van der Waals surface area contributed by atoms with Gasteiger partial charge in [0.25, 0.3) is 0 Å². The lowest BCUT2D eigenvalue weighted by molar-refractivity contribution is 0.607. The maximum Gasteiger partial charge on any atom is 0.127 e. The molecule has 0 saturated carbocycles. The first-order valence-corrected chi connectivity index (χ1v) is 8.30. The molecule has 0 heterocycles. The quantitative estimate of drug-likeness (QED) is 0.595. The molecule has 118 valence electrons. The molecule has 23 heavy (non-hydrogen) atoms. The van der Waals surface area contributed by atoms with E-state index in [9.17, 15) is 4.39 Å². The van der Waals surface area contributed by atoms with Crippen LogP contribution in [0.15, 0.2) is 48.5 Å². The van der Waals surface area contributed by atoms with Crippen LogP contribution in [0.5, 0.6) is 0 Å². The Kier molecular flexibility index (Phi) is 6.63. The Hall–Kier alpha value is -2.33. The van der Waals surface area contributed by atoms with E-state index in [4.69, 9.17) is 0 Å². The lowest BCUT2D eigenvalue weighted by Crippen LogP contribution is -1.90. The van der Waals surface area contributed by atoms with Gasteiger partial charge in [-0.15, -0.1) is 0 Å². The van der Waals surface area contributed by atoms with Gasteiger partial charge in [-0.1, -0.05) is 68.9 Å². The average molecular weight is 306 g/mol. The molecule has 2 rings (SSSR count). The Morgan fingerprint density at radius 1 is 0.913 bits per heavy atom. The Bertz CT molecular complexity index is 712. The number of aryl methyl sites for hydroxylation is 1. The highest BCUT2D eigenvalue weighted by molar-refractivity contribution is 5.52. The Balaban J connectivity index is 2.08. The zero-order valence-electron chi connectivity index (χ0n) is 13.9. The van der Waals surface area contributed by atoms with Crippen molar-refractivity contribution in [2.45, 2.75) is 39.5 Å². The minimum absolute atomic E-state index is 0.157. The van der Waals surface area contributed by atoms with E-state index >= 15 is 0 Å². The molecule has 0 aliphatic carbocycles. The monoisotopic (exact) mass is 306 g/mol. The minimum atomic E-state index is -0.157. The highest BCUT2D eigenvalue weighted by Gasteiger charge is 2.01. The van der Waals surface area contributed by atoms with Gasteiger partial charge in [0, 0.05) is 11.1 Å². The van der Waals surface area contributed by atoms with Gasteiger partial charge >= 0.3 is 0 Å². The highest BCUT2D eigenvalue weighted by Crippen LogP contribution is 2.12. The van der Waals surface area contributed by atoms with Crippen LogP contribution >= 0.6 is 0 Å². The Morgan fingerprint density at radius 2 is 1.61 bits per heavy atom. The standard InChI is InChI=1S/C22H23F/c1-3-5-6-8-18-9-11-19(12-10-18)13-14-20-15-16-21(7-4-2)22(23)17-20/h6,8-12,15-17H,3-5,7H2,1-2H3. The van der Waals surface area contributed by atoms with Gasteiger partial charge in [0.05, 0.1) is 0 Å². The maximum atomic E-state index is 13.9. The van der Waals surface area contributed by atoms with E-state index < -0.39 is 0 Å². The van der Waals surface area contributed by atoms with Crippen LogP contribution in [0.1, 0.15) is 55.4 Å². The van der Waals surface area contributed by atoms with Gasteiger partial charge in [-0.2, -0.15) is 0 Å². The van der Waals surface area contributed by atoms with Crippen LogP contribution in [0.3, 0.4) is 0 Å². The summed E-state index contributed by atoms with van der Waals surface area (Å²) in [5, 5.41) is 0. The van der Waals surface area contributed by atoms with Gasteiger partial charge in [-0.25, -0.2) is 4.39 Å². The van der Waals surface area contributed by atoms with Gasteiger partial charge < -0.3 is 0 Å². The molecule has 0 atom stereocenters. The molecule has 0 aromatic heterocycles. The van der Waals surface area contributed by atoms with Crippen LogP contribution in [-0.2, 0) is 6.42 Å². The van der Waals surface area contributed by atoms with Crippen molar-refractivity contribution in [3.05, 3.63) is 76.6 Å². The molecular weight excluding hydrogens is 283 g/mol. The first-order valence-electron chi connectivity index (χ1n) is 8.30. The number of benzene rings is 2. The van der Waals surface area contributed by atoms with Crippen LogP contribution in [0, 0.1) is 17.7 Å². The molecule has 0 fully saturated rings. The average Bonchev–Trinajstić information content (AvgIpc) is 2.57. The number of allylic oxidation sites excluding steroid dienone is 1. The number of rotatable bonds is 5. The smallest absolute Gasteiger partial charge is 0.127 e. The summed E-state index contributed by atoms with van der Waals surface area (Å²) in [6.45, 7) is 4.22. The summed E-state index contributed by atoms with van der Waals surface area (Å²) in [7, 11) is 0. The molecule has 2 aromatic carbocycles. The predicted octanol–water partition coefficient (Wildman–Crippen LogP) is 5.99. The number of unbranched alkanes of at least 4 members (excludes halogenated alkanes) is 1. The maximum absolute atomic E-state index is 13.9. The number of halogens is 1. The van der Waals surface area contributed by atoms with E-state index in [1.54, 1.807) is 0 Å². The van der Waals surface area contributed by atoms with Crippen LogP contribution in [-0.4, -0.2) is 0 Å². The fraction of sp³-hybridized carbons (Fsp3) is 0.273. The third kappa shape index (κ3) is 5.42. The van der Waals surface area contributed by atoms with Crippen LogP contribution < -0.4 is 0 Å². The highest BCUT2D eigenvalue weighted by atomic mass is 19.1. The van der Waals surface area contributed by atoms with Crippen molar-refractivity contribution >= 4 is 6.08 Å². The van der Waals surface area contributed by atoms with Gasteiger partial charge in [0.1, 0.15) is 5.82 Å². The molecule has 0 N–H and O–H groups in total. The zero-order chi connectivity index (χ0) is 16.5. The number of hydrogen-bond acceptors (Lipinski definition) is 0. The largest absolute Gasteiger partial charge is 0.207 e. The lowest BCUT2D eigenvalue weighted by Gasteiger charge is -2.01. The first kappa shape index (κ1) is 17.0. The molecular formula is C22H23F. The molecule has 0 amide bonds. The Morgan fingerprint density at radius 3 is 2.26 bits per heavy atom. The van der Waals surface area contributed by atoms with Crippen molar-refractivity contribution < 1.29 is 4.39 Å². The lowest BCUT2D eigenvalue weighted by atomic mass is 10.1. The predicted molar refractivity (Wildman–Crippen MR) is 96.8 cm³/mol. The van der Waals surface area contributed by atoms with Crippen molar-refractivity contribution in [1.82, 2.24) is 0 Å². The van der Waals surface area contributed by atoms with Gasteiger partial charge in [-0.05, 0) is 48.2 Å². The van der Waals surface area contributed by atoms with E-state index in [1.165, 1.54) is 11.6 Å². The molecule has 0 bridgehead atoms. The van der Waals surface area contributed by atoms with E-state index in [2.05, 4.69) is 43.0 Å². The van der Waals surface area contributed by atoms with Gasteiger partial charge in [0.2, 0.25) is 0 Å². The summed E-state index contributed by atoms with van der Waals surface area (Å²) in [5.41, 5.74) is 3.60. The van der Waals surface area contributed by atoms with Gasteiger partial charge in [-0.3, -0.25) is 0 Å². The second kappa shape index (κ2) is 8.96. The summed E-state index contributed by atoms with van der Waals surface area (Å²) in [6, 6.07) is 13.4. The molecule has 2 aromatic rings. The third-order valence-corrected chi connectivity index (χ3v) is 3.60. The van der Waals surface area contributed by atoms with Crippen LogP contribution in [0.2, 0.25) is 0 Å². The molecule has 0 radical (unpaired) electrons. The normalized spacial score (nSPS) is 10.6. The minimum Gasteiger partial charge on any atom is -0.207 e. The van der Waals surface area contributed by atoms with Crippen LogP contribution in [0.25, 0.3) is 6.08 Å². The second-order valence-corrected chi connectivity index (χ2v) is 5.62. The fourth-order valence-corrected chi connectivity index (χ4v) is 2.31. The van der Waals surface area contributed by atoms with Crippen molar-refractivity contribution in [3.8, 4) is 11.8 Å². The zero-order valence-corrected chi connectivity index (χ0v) is 13.9. The fourth-order valence-electron chi connectivity index (χ4n) is 2.31. The van der Waals surface area contributed by atoms with E-state index in [1.807, 2.05) is 31.2 Å². The summed E-state index contributed by atoms with van der Waals surface area (Å²) in [6.07, 6.45) is 8.28. The molecule has 0 spiro atoms. The molecule has 0 nitrogen and oxygen atoms in total. The van der Waals surface area contributed by atoms with Gasteiger partial charge in [0.15, 0.2) is 0 Å². The molecule has 0 aliphatic heterocycles. The molecule has 0 aliphatic rings. The number of hydrogen-bond donors (Lipinski definition) is 0. The van der Waals surface area contributed by atoms with Crippen molar-refractivity contribution in [1.29, 1.82) is 0 Å². The second-order valence-electron chi connectivity index (χ2n) is 5.62. The van der Waals surface area contributed by atoms with Crippen molar-refractivity contribution in [2.75, 3.05) is 0 Å². The third-order valence-electron chi connectivity index (χ3n) is 3.60. The Labute approximate surface area is 139 Å². The van der Waals surface area contributed by atoms with E-state index in [-0.39, 0.29) is 5.82 Å². The molecule has 0 saturated heterocycles. The van der Waals surface area contributed by atoms with E-state index in [0.29, 0.717) is 5.56 Å². The van der Waals surface area contributed by atoms with Crippen molar-refractivity contribution in [2.24, 2.45) is 0 Å². The first-order chi connectivity index (χ1) is 11.2. The van der Waals surface area contributed by atoms with E-state index in [0.717, 1.165) is 36.8 Å². The summed E-state index contributed by atoms with van der Waals surface area (Å²) in [4.78, 5) is 0. The SMILES string of the molecule is CCCC=Cc1ccc(C#Cc2ccc(CCC)c(F)c2)cc1. The molecule has 1 heteroatoms. The van der Waals surface area contributed by atoms with Crippen molar-refractivity contribution in [3.63, 3.8) is 0 Å². The topological polar surface area (TPSA) is 0 Å². The summed E-state index contributed by atoms with van der Waals surface area (Å²) >= 11 is 0. The summed E-state index contributed by atoms with van der Waals surface area (Å²) < 4.78 is 13.9. The van der Waals surface area contributed by atoms with Crippen LogP contribution in [0.4, 0.5) is 4.39 Å².